The second kappa shape index (κ2) is 9.15. The standard InChI is InChI=1S/C24H27ClN4OS/c1-16-5-4-6-20(17(16)2)26-21(30)15-31-23-22(18-7-9-19(25)10-8-18)27-24(28-23)11-13-29(3)14-12-24/h4-10H,11-15H2,1-3H3,(H,26,30). The van der Waals surface area contributed by atoms with Crippen molar-refractivity contribution in [2.24, 2.45) is 9.98 Å². The lowest BCUT2D eigenvalue weighted by Crippen LogP contribution is -2.39. The monoisotopic (exact) mass is 454 g/mol. The highest BCUT2D eigenvalue weighted by Crippen LogP contribution is 2.35. The Morgan fingerprint density at radius 3 is 2.55 bits per heavy atom. The number of likely N-dealkylation sites (tertiary alicyclic amines) is 1. The molecule has 31 heavy (non-hydrogen) atoms. The Labute approximate surface area is 193 Å². The van der Waals surface area contributed by atoms with Crippen LogP contribution in [0.4, 0.5) is 5.69 Å². The number of aryl methyl sites for hydroxylation is 1. The van der Waals surface area contributed by atoms with Gasteiger partial charge < -0.3 is 10.2 Å². The van der Waals surface area contributed by atoms with Gasteiger partial charge in [0.1, 0.15) is 5.04 Å². The normalized spacial score (nSPS) is 18.1. The molecule has 1 spiro atoms. The summed E-state index contributed by atoms with van der Waals surface area (Å²) in [4.78, 5) is 25.1. The predicted octanol–water partition coefficient (Wildman–Crippen LogP) is 4.95. The van der Waals surface area contributed by atoms with Crippen molar-refractivity contribution in [1.29, 1.82) is 0 Å². The number of hydrogen-bond acceptors (Lipinski definition) is 5. The topological polar surface area (TPSA) is 57.1 Å². The van der Waals surface area contributed by atoms with E-state index >= 15 is 0 Å². The molecule has 2 aromatic rings. The van der Waals surface area contributed by atoms with Gasteiger partial charge >= 0.3 is 0 Å². The van der Waals surface area contributed by atoms with Crippen LogP contribution in [0.5, 0.6) is 0 Å². The molecule has 0 saturated carbocycles. The van der Waals surface area contributed by atoms with E-state index in [1.165, 1.54) is 11.8 Å². The molecule has 2 heterocycles. The Balaban J connectivity index is 1.51. The van der Waals surface area contributed by atoms with Gasteiger partial charge in [0.25, 0.3) is 0 Å². The van der Waals surface area contributed by atoms with Crippen LogP contribution in [0.2, 0.25) is 5.02 Å². The van der Waals surface area contributed by atoms with Crippen molar-refractivity contribution >= 4 is 45.7 Å². The molecule has 2 aliphatic rings. The molecule has 0 aliphatic carbocycles. The van der Waals surface area contributed by atoms with Crippen molar-refractivity contribution in [3.8, 4) is 0 Å². The van der Waals surface area contributed by atoms with Crippen molar-refractivity contribution in [2.75, 3.05) is 31.2 Å². The van der Waals surface area contributed by atoms with E-state index in [4.69, 9.17) is 21.6 Å². The van der Waals surface area contributed by atoms with E-state index in [9.17, 15) is 4.79 Å². The Morgan fingerprint density at radius 2 is 1.84 bits per heavy atom. The number of benzene rings is 2. The summed E-state index contributed by atoms with van der Waals surface area (Å²) >= 11 is 7.54. The summed E-state index contributed by atoms with van der Waals surface area (Å²) in [6.07, 6.45) is 1.78. The van der Waals surface area contributed by atoms with Crippen LogP contribution in [-0.4, -0.2) is 53.1 Å². The first-order valence-corrected chi connectivity index (χ1v) is 11.8. The minimum atomic E-state index is -0.409. The maximum atomic E-state index is 12.7. The molecule has 1 N–H and O–H groups in total. The zero-order valence-corrected chi connectivity index (χ0v) is 19.7. The van der Waals surface area contributed by atoms with Crippen molar-refractivity contribution in [2.45, 2.75) is 32.4 Å². The average Bonchev–Trinajstić information content (AvgIpc) is 3.11. The number of anilines is 1. The number of piperidine rings is 1. The molecular weight excluding hydrogens is 428 g/mol. The molecule has 1 saturated heterocycles. The highest BCUT2D eigenvalue weighted by atomic mass is 35.5. The Kier molecular flexibility index (Phi) is 6.51. The van der Waals surface area contributed by atoms with Gasteiger partial charge in [-0.15, -0.1) is 0 Å². The molecule has 2 aromatic carbocycles. The van der Waals surface area contributed by atoms with Crippen LogP contribution in [0, 0.1) is 13.8 Å². The number of aliphatic imine (C=N–C) groups is 2. The van der Waals surface area contributed by atoms with Gasteiger partial charge in [-0.2, -0.15) is 0 Å². The highest BCUT2D eigenvalue weighted by molar-refractivity contribution is 8.16. The molecule has 2 aliphatic heterocycles. The third-order valence-corrected chi connectivity index (χ3v) is 7.17. The third-order valence-electron chi connectivity index (χ3n) is 5.96. The van der Waals surface area contributed by atoms with E-state index in [0.29, 0.717) is 5.02 Å². The number of nitrogens with zero attached hydrogens (tertiary/aromatic N) is 3. The second-order valence-corrected chi connectivity index (χ2v) is 9.65. The first-order valence-electron chi connectivity index (χ1n) is 10.5. The van der Waals surface area contributed by atoms with E-state index in [1.807, 2.05) is 56.3 Å². The lowest BCUT2D eigenvalue weighted by molar-refractivity contribution is -0.113. The van der Waals surface area contributed by atoms with Gasteiger partial charge in [0, 0.05) is 42.2 Å². The molecule has 4 rings (SSSR count). The smallest absolute Gasteiger partial charge is 0.234 e. The van der Waals surface area contributed by atoms with Crippen LogP contribution in [-0.2, 0) is 4.79 Å². The summed E-state index contributed by atoms with van der Waals surface area (Å²) in [6, 6.07) is 13.6. The van der Waals surface area contributed by atoms with E-state index < -0.39 is 5.66 Å². The molecule has 162 valence electrons. The van der Waals surface area contributed by atoms with Crippen LogP contribution < -0.4 is 5.32 Å². The number of nitrogens with one attached hydrogen (secondary N) is 1. The molecule has 0 bridgehead atoms. The molecule has 0 aromatic heterocycles. The van der Waals surface area contributed by atoms with Gasteiger partial charge in [-0.1, -0.05) is 47.6 Å². The van der Waals surface area contributed by atoms with Crippen LogP contribution >= 0.6 is 23.4 Å². The number of carbonyl (C=O) groups is 1. The van der Waals surface area contributed by atoms with E-state index in [0.717, 1.165) is 59.1 Å². The quantitative estimate of drug-likeness (QED) is 0.710. The molecule has 1 amide bonds. The van der Waals surface area contributed by atoms with Crippen LogP contribution in [0.25, 0.3) is 0 Å². The van der Waals surface area contributed by atoms with Gasteiger partial charge in [0.15, 0.2) is 5.66 Å². The summed E-state index contributed by atoms with van der Waals surface area (Å²) in [5, 5.41) is 4.56. The largest absolute Gasteiger partial charge is 0.325 e. The molecular formula is C24H27ClN4OS. The van der Waals surface area contributed by atoms with Crippen molar-refractivity contribution in [3.63, 3.8) is 0 Å². The van der Waals surface area contributed by atoms with Gasteiger partial charge in [-0.25, -0.2) is 4.99 Å². The van der Waals surface area contributed by atoms with Gasteiger partial charge in [0.05, 0.1) is 11.5 Å². The third kappa shape index (κ3) is 5.03. The minimum absolute atomic E-state index is 0.0406. The molecule has 0 radical (unpaired) electrons. The number of amides is 1. The van der Waals surface area contributed by atoms with Crippen molar-refractivity contribution < 1.29 is 4.79 Å². The molecule has 7 heteroatoms. The zero-order chi connectivity index (χ0) is 22.0. The fraction of sp³-hybridized carbons (Fsp3) is 0.375. The SMILES string of the molecule is Cc1cccc(NC(=O)CSC2=NC3(CCN(C)CC3)N=C2c2ccc(Cl)cc2)c1C. The van der Waals surface area contributed by atoms with Gasteiger partial charge in [-0.3, -0.25) is 9.79 Å². The first kappa shape index (κ1) is 22.1. The van der Waals surface area contributed by atoms with E-state index in [-0.39, 0.29) is 11.7 Å². The number of thioether (sulfide) groups is 1. The molecule has 0 unspecified atom stereocenters. The maximum absolute atomic E-state index is 12.7. The van der Waals surface area contributed by atoms with Gasteiger partial charge in [0.2, 0.25) is 5.91 Å². The number of halogens is 1. The Bertz CT molecular complexity index is 1040. The molecule has 5 nitrogen and oxygen atoms in total. The van der Waals surface area contributed by atoms with Crippen molar-refractivity contribution in [1.82, 2.24) is 4.90 Å². The summed E-state index contributed by atoms with van der Waals surface area (Å²) in [7, 11) is 2.13. The first-order chi connectivity index (χ1) is 14.8. The summed E-state index contributed by atoms with van der Waals surface area (Å²) in [5.74, 6) is 0.246. The Hall–Kier alpha value is -2.15. The Morgan fingerprint density at radius 1 is 1.13 bits per heavy atom. The minimum Gasteiger partial charge on any atom is -0.325 e. The van der Waals surface area contributed by atoms with E-state index in [2.05, 4.69) is 17.3 Å². The molecule has 0 atom stereocenters. The van der Waals surface area contributed by atoms with Gasteiger partial charge in [-0.05, 0) is 50.2 Å². The predicted molar refractivity (Wildman–Crippen MR) is 132 cm³/mol. The number of hydrogen-bond donors (Lipinski definition) is 1. The second-order valence-electron chi connectivity index (χ2n) is 8.25. The zero-order valence-electron chi connectivity index (χ0n) is 18.1. The van der Waals surface area contributed by atoms with E-state index in [1.54, 1.807) is 0 Å². The van der Waals surface area contributed by atoms with Crippen LogP contribution in [0.3, 0.4) is 0 Å². The number of rotatable bonds is 4. The van der Waals surface area contributed by atoms with Crippen LogP contribution in [0.1, 0.15) is 29.5 Å². The highest BCUT2D eigenvalue weighted by Gasteiger charge is 2.39. The van der Waals surface area contributed by atoms with Crippen molar-refractivity contribution in [3.05, 3.63) is 64.2 Å². The lowest BCUT2D eigenvalue weighted by atomic mass is 9.99. The summed E-state index contributed by atoms with van der Waals surface area (Å²) in [6.45, 7) is 6.00. The van der Waals surface area contributed by atoms with Crippen LogP contribution in [0.15, 0.2) is 52.4 Å². The molecule has 1 fully saturated rings. The maximum Gasteiger partial charge on any atom is 0.234 e. The fourth-order valence-corrected chi connectivity index (χ4v) is 4.83. The fourth-order valence-electron chi connectivity index (χ4n) is 3.83. The lowest BCUT2D eigenvalue weighted by Gasteiger charge is -2.33. The summed E-state index contributed by atoms with van der Waals surface area (Å²) in [5.41, 5.74) is 4.55. The number of carbonyl (C=O) groups excluding carboxylic acids is 1. The summed E-state index contributed by atoms with van der Waals surface area (Å²) < 4.78 is 0. The average molecular weight is 455 g/mol.